The molecular formula is C16H10N4O2. The highest BCUT2D eigenvalue weighted by atomic mass is 16.1. The maximum absolute atomic E-state index is 12.5. The van der Waals surface area contributed by atoms with Gasteiger partial charge < -0.3 is 4.98 Å². The summed E-state index contributed by atoms with van der Waals surface area (Å²) in [4.78, 5) is 31.6. The number of hydrogen-bond donors (Lipinski definition) is 1. The van der Waals surface area contributed by atoms with Crippen molar-refractivity contribution in [2.75, 3.05) is 0 Å². The van der Waals surface area contributed by atoms with Gasteiger partial charge in [-0.25, -0.2) is 4.79 Å². The lowest BCUT2D eigenvalue weighted by Gasteiger charge is -2.05. The van der Waals surface area contributed by atoms with Gasteiger partial charge in [0.2, 0.25) is 5.43 Å². The molecule has 4 aromatic rings. The van der Waals surface area contributed by atoms with Crippen LogP contribution in [0.4, 0.5) is 0 Å². The summed E-state index contributed by atoms with van der Waals surface area (Å²) < 4.78 is 1.13. The Morgan fingerprint density at radius 3 is 2.45 bits per heavy atom. The van der Waals surface area contributed by atoms with Crippen molar-refractivity contribution in [1.29, 1.82) is 0 Å². The summed E-state index contributed by atoms with van der Waals surface area (Å²) in [5.74, 6) is 0. The molecule has 2 aromatic heterocycles. The normalized spacial score (nSPS) is 11.1. The molecule has 0 aliphatic carbocycles. The van der Waals surface area contributed by atoms with Gasteiger partial charge in [-0.3, -0.25) is 4.79 Å². The van der Waals surface area contributed by atoms with E-state index in [9.17, 15) is 9.59 Å². The number of aromatic amines is 1. The second kappa shape index (κ2) is 4.63. The lowest BCUT2D eigenvalue weighted by atomic mass is 10.2. The third-order valence-corrected chi connectivity index (χ3v) is 3.45. The summed E-state index contributed by atoms with van der Waals surface area (Å²) >= 11 is 0. The van der Waals surface area contributed by atoms with Gasteiger partial charge in [-0.2, -0.15) is 14.8 Å². The number of aromatic nitrogens is 4. The molecule has 0 bridgehead atoms. The van der Waals surface area contributed by atoms with Gasteiger partial charge in [0.05, 0.1) is 11.2 Å². The van der Waals surface area contributed by atoms with Gasteiger partial charge >= 0.3 is 5.69 Å². The van der Waals surface area contributed by atoms with Crippen LogP contribution in [0.5, 0.6) is 0 Å². The Balaban J connectivity index is 2.13. The van der Waals surface area contributed by atoms with Crippen LogP contribution in [-0.2, 0) is 0 Å². The monoisotopic (exact) mass is 290 g/mol. The minimum Gasteiger partial charge on any atom is -0.337 e. The summed E-state index contributed by atoms with van der Waals surface area (Å²) in [7, 11) is 0. The molecule has 0 fully saturated rings. The highest BCUT2D eigenvalue weighted by molar-refractivity contribution is 5.88. The summed E-state index contributed by atoms with van der Waals surface area (Å²) in [5, 5.41) is 4.71. The van der Waals surface area contributed by atoms with Gasteiger partial charge in [0.1, 0.15) is 0 Å². The van der Waals surface area contributed by atoms with Crippen molar-refractivity contribution < 1.29 is 0 Å². The summed E-state index contributed by atoms with van der Waals surface area (Å²) in [5.41, 5.74) is 0.745. The first-order valence-electron chi connectivity index (χ1n) is 6.71. The van der Waals surface area contributed by atoms with E-state index in [1.165, 1.54) is 0 Å². The van der Waals surface area contributed by atoms with E-state index in [-0.39, 0.29) is 16.6 Å². The van der Waals surface area contributed by atoms with Crippen LogP contribution >= 0.6 is 0 Å². The minimum absolute atomic E-state index is 0.141. The first kappa shape index (κ1) is 12.5. The molecular weight excluding hydrogens is 280 g/mol. The van der Waals surface area contributed by atoms with Gasteiger partial charge in [0, 0.05) is 5.39 Å². The minimum atomic E-state index is -0.537. The fourth-order valence-electron chi connectivity index (χ4n) is 2.41. The van der Waals surface area contributed by atoms with Crippen molar-refractivity contribution in [3.05, 3.63) is 75.3 Å². The Bertz CT molecular complexity index is 1110. The number of rotatable bonds is 1. The molecule has 6 nitrogen and oxygen atoms in total. The van der Waals surface area contributed by atoms with Gasteiger partial charge in [-0.15, -0.1) is 0 Å². The molecule has 0 amide bonds. The quantitative estimate of drug-likeness (QED) is 0.540. The molecule has 0 aliphatic rings. The Morgan fingerprint density at radius 1 is 0.909 bits per heavy atom. The van der Waals surface area contributed by atoms with E-state index in [2.05, 4.69) is 15.1 Å². The number of H-pyrrole nitrogens is 1. The van der Waals surface area contributed by atoms with Gasteiger partial charge in [-0.05, 0) is 24.3 Å². The van der Waals surface area contributed by atoms with Gasteiger partial charge in [0.25, 0.3) is 0 Å². The molecule has 0 radical (unpaired) electrons. The van der Waals surface area contributed by atoms with Crippen LogP contribution in [0.15, 0.2) is 64.2 Å². The third-order valence-electron chi connectivity index (χ3n) is 3.45. The fraction of sp³-hybridized carbons (Fsp3) is 0. The van der Waals surface area contributed by atoms with Crippen LogP contribution in [0.1, 0.15) is 0 Å². The number of benzene rings is 2. The number of nitrogens with one attached hydrogen (secondary N) is 1. The maximum atomic E-state index is 12.5. The van der Waals surface area contributed by atoms with Crippen LogP contribution in [0.25, 0.3) is 27.8 Å². The number of nitrogens with zero attached hydrogens (tertiary/aromatic N) is 3. The maximum Gasteiger partial charge on any atom is 0.370 e. The molecule has 0 saturated carbocycles. The van der Waals surface area contributed by atoms with Crippen LogP contribution < -0.4 is 11.1 Å². The number of hydrogen-bond acceptors (Lipinski definition) is 4. The first-order chi connectivity index (χ1) is 10.7. The molecule has 22 heavy (non-hydrogen) atoms. The highest BCUT2D eigenvalue weighted by Crippen LogP contribution is 2.10. The van der Waals surface area contributed by atoms with Crippen LogP contribution in [-0.4, -0.2) is 19.7 Å². The van der Waals surface area contributed by atoms with E-state index in [0.29, 0.717) is 16.6 Å². The lowest BCUT2D eigenvalue weighted by molar-refractivity contribution is 0.788. The zero-order valence-corrected chi connectivity index (χ0v) is 11.4. The highest BCUT2D eigenvalue weighted by Gasteiger charge is 2.11. The zero-order chi connectivity index (χ0) is 15.1. The number of fused-ring (bicyclic) bond motifs is 2. The summed E-state index contributed by atoms with van der Waals surface area (Å²) in [6.45, 7) is 0. The Morgan fingerprint density at radius 2 is 1.64 bits per heavy atom. The van der Waals surface area contributed by atoms with Crippen molar-refractivity contribution in [1.82, 2.24) is 19.7 Å². The van der Waals surface area contributed by atoms with E-state index < -0.39 is 5.69 Å². The van der Waals surface area contributed by atoms with Gasteiger partial charge in [-0.1, -0.05) is 30.3 Å². The zero-order valence-electron chi connectivity index (χ0n) is 11.4. The summed E-state index contributed by atoms with van der Waals surface area (Å²) in [6, 6.07) is 16.0. The molecule has 2 aromatic carbocycles. The van der Waals surface area contributed by atoms with E-state index in [1.54, 1.807) is 42.5 Å². The van der Waals surface area contributed by atoms with E-state index >= 15 is 0 Å². The molecule has 2 heterocycles. The SMILES string of the molecule is O=c1c2ccccc2[nH]c2nc(=O)n(-c3ccccc3)nc12. The second-order valence-electron chi connectivity index (χ2n) is 4.84. The fourth-order valence-corrected chi connectivity index (χ4v) is 2.41. The van der Waals surface area contributed by atoms with E-state index in [0.717, 1.165) is 4.68 Å². The first-order valence-corrected chi connectivity index (χ1v) is 6.71. The molecule has 1 N–H and O–H groups in total. The molecule has 0 saturated heterocycles. The van der Waals surface area contributed by atoms with E-state index in [1.807, 2.05) is 12.1 Å². The Kier molecular flexibility index (Phi) is 2.62. The van der Waals surface area contributed by atoms with Crippen LogP contribution in [0, 0.1) is 0 Å². The number of para-hydroxylation sites is 2. The Hall–Kier alpha value is -3.28. The standard InChI is InChI=1S/C16H10N4O2/c21-14-11-8-4-5-9-12(11)17-15-13(14)19-20(16(22)18-15)10-6-2-1-3-7-10/h1-9H,(H,17,18,22). The molecule has 6 heteroatoms. The van der Waals surface area contributed by atoms with Gasteiger partial charge in [0.15, 0.2) is 11.2 Å². The van der Waals surface area contributed by atoms with Crippen molar-refractivity contribution in [2.45, 2.75) is 0 Å². The topological polar surface area (TPSA) is 80.6 Å². The second-order valence-corrected chi connectivity index (χ2v) is 4.84. The average Bonchev–Trinajstić information content (AvgIpc) is 2.55. The molecule has 0 unspecified atom stereocenters. The average molecular weight is 290 g/mol. The van der Waals surface area contributed by atoms with Crippen LogP contribution in [0.2, 0.25) is 0 Å². The molecule has 0 aliphatic heterocycles. The van der Waals surface area contributed by atoms with Crippen molar-refractivity contribution >= 4 is 22.1 Å². The van der Waals surface area contributed by atoms with Crippen LogP contribution in [0.3, 0.4) is 0 Å². The number of pyridine rings is 1. The predicted molar refractivity (Wildman–Crippen MR) is 83.3 cm³/mol. The molecule has 0 atom stereocenters. The third kappa shape index (κ3) is 1.81. The summed E-state index contributed by atoms with van der Waals surface area (Å²) in [6.07, 6.45) is 0. The largest absolute Gasteiger partial charge is 0.370 e. The molecule has 4 rings (SSSR count). The molecule has 0 spiro atoms. The lowest BCUT2D eigenvalue weighted by Crippen LogP contribution is -2.26. The van der Waals surface area contributed by atoms with Crippen molar-refractivity contribution in [3.63, 3.8) is 0 Å². The van der Waals surface area contributed by atoms with Crippen molar-refractivity contribution in [3.8, 4) is 5.69 Å². The molecule has 106 valence electrons. The van der Waals surface area contributed by atoms with E-state index in [4.69, 9.17) is 0 Å². The Labute approximate surface area is 123 Å². The smallest absolute Gasteiger partial charge is 0.337 e. The predicted octanol–water partition coefficient (Wildman–Crippen LogP) is 1.62. The van der Waals surface area contributed by atoms with Crippen molar-refractivity contribution in [2.24, 2.45) is 0 Å².